The Morgan fingerprint density at radius 2 is 1.62 bits per heavy atom. The second kappa shape index (κ2) is 3.30. The smallest absolute Gasteiger partial charge is 0.197 e. The Balaban J connectivity index is 2.97. The minimum absolute atomic E-state index is 0.354. The second-order valence-electron chi connectivity index (χ2n) is 3.71. The molecule has 0 spiro atoms. The summed E-state index contributed by atoms with van der Waals surface area (Å²) in [5, 5.41) is 11.3. The van der Waals surface area contributed by atoms with Crippen molar-refractivity contribution in [1.82, 2.24) is 0 Å². The van der Waals surface area contributed by atoms with Crippen molar-refractivity contribution in [2.45, 2.75) is 26.4 Å². The predicted octanol–water partition coefficient (Wildman–Crippen LogP) is 2.39. The van der Waals surface area contributed by atoms with Gasteiger partial charge in [0.25, 0.3) is 0 Å². The van der Waals surface area contributed by atoms with Gasteiger partial charge < -0.3 is 0 Å². The fourth-order valence-corrected chi connectivity index (χ4v) is 1.05. The SMILES string of the molecule is Cc1ccc(C(=O)C(C)(C)[O])cc1. The van der Waals surface area contributed by atoms with E-state index in [0.717, 1.165) is 5.56 Å². The number of rotatable bonds is 2. The van der Waals surface area contributed by atoms with E-state index in [0.29, 0.717) is 5.56 Å². The number of carbonyl (C=O) groups excluding carboxylic acids is 1. The summed E-state index contributed by atoms with van der Waals surface area (Å²) < 4.78 is 0. The van der Waals surface area contributed by atoms with Gasteiger partial charge in [0.2, 0.25) is 0 Å². The van der Waals surface area contributed by atoms with Gasteiger partial charge in [-0.3, -0.25) is 4.79 Å². The van der Waals surface area contributed by atoms with Gasteiger partial charge in [-0.25, -0.2) is 5.11 Å². The van der Waals surface area contributed by atoms with Crippen molar-refractivity contribution in [1.29, 1.82) is 0 Å². The topological polar surface area (TPSA) is 37.0 Å². The molecule has 0 aliphatic heterocycles. The van der Waals surface area contributed by atoms with Gasteiger partial charge in [0.15, 0.2) is 11.4 Å². The third kappa shape index (κ3) is 2.39. The molecule has 0 saturated heterocycles. The van der Waals surface area contributed by atoms with Gasteiger partial charge in [0, 0.05) is 5.56 Å². The molecule has 1 rings (SSSR count). The fourth-order valence-electron chi connectivity index (χ4n) is 1.05. The highest BCUT2D eigenvalue weighted by Gasteiger charge is 2.27. The Bertz CT molecular complexity index is 304. The van der Waals surface area contributed by atoms with Crippen LogP contribution in [0.4, 0.5) is 0 Å². The first-order valence-corrected chi connectivity index (χ1v) is 4.23. The van der Waals surface area contributed by atoms with Crippen molar-refractivity contribution < 1.29 is 9.90 Å². The Hall–Kier alpha value is -1.15. The van der Waals surface area contributed by atoms with Crippen LogP contribution in [0.3, 0.4) is 0 Å². The largest absolute Gasteiger partial charge is 0.291 e. The van der Waals surface area contributed by atoms with E-state index in [1.165, 1.54) is 13.8 Å². The van der Waals surface area contributed by atoms with Crippen molar-refractivity contribution in [3.63, 3.8) is 0 Å². The summed E-state index contributed by atoms with van der Waals surface area (Å²) in [5.74, 6) is -0.354. The van der Waals surface area contributed by atoms with Crippen LogP contribution in [0.2, 0.25) is 0 Å². The Morgan fingerprint density at radius 1 is 1.15 bits per heavy atom. The average Bonchev–Trinajstić information content (AvgIpc) is 2.03. The lowest BCUT2D eigenvalue weighted by molar-refractivity contribution is 0.0114. The van der Waals surface area contributed by atoms with Crippen LogP contribution in [-0.4, -0.2) is 11.4 Å². The van der Waals surface area contributed by atoms with Crippen molar-refractivity contribution in [2.24, 2.45) is 0 Å². The van der Waals surface area contributed by atoms with E-state index in [2.05, 4.69) is 0 Å². The summed E-state index contributed by atoms with van der Waals surface area (Å²) in [6, 6.07) is 7.05. The number of hydrogen-bond acceptors (Lipinski definition) is 1. The van der Waals surface area contributed by atoms with Gasteiger partial charge in [-0.15, -0.1) is 0 Å². The minimum atomic E-state index is -1.53. The minimum Gasteiger partial charge on any atom is -0.291 e. The first kappa shape index (κ1) is 9.93. The van der Waals surface area contributed by atoms with Gasteiger partial charge >= 0.3 is 0 Å². The molecule has 13 heavy (non-hydrogen) atoms. The number of carbonyl (C=O) groups is 1. The molecule has 0 bridgehead atoms. The molecule has 0 fully saturated rings. The normalized spacial score (nSPS) is 11.4. The molecular formula is C11H13O2. The molecule has 0 atom stereocenters. The molecule has 1 radical (unpaired) electrons. The number of aryl methyl sites for hydroxylation is 1. The molecule has 0 N–H and O–H groups in total. The van der Waals surface area contributed by atoms with Crippen molar-refractivity contribution in [2.75, 3.05) is 0 Å². The quantitative estimate of drug-likeness (QED) is 0.639. The Morgan fingerprint density at radius 3 is 2.00 bits per heavy atom. The fraction of sp³-hybridized carbons (Fsp3) is 0.364. The van der Waals surface area contributed by atoms with Crippen LogP contribution in [-0.2, 0) is 5.11 Å². The Kier molecular flexibility index (Phi) is 2.52. The molecule has 0 unspecified atom stereocenters. The van der Waals surface area contributed by atoms with Crippen molar-refractivity contribution in [3.05, 3.63) is 35.4 Å². The average molecular weight is 177 g/mol. The molecular weight excluding hydrogens is 164 g/mol. The highest BCUT2D eigenvalue weighted by Crippen LogP contribution is 2.13. The highest BCUT2D eigenvalue weighted by atomic mass is 16.3. The molecule has 0 saturated carbocycles. The zero-order chi connectivity index (χ0) is 10.1. The molecule has 2 nitrogen and oxygen atoms in total. The molecule has 1 aromatic rings. The number of Topliss-reactive ketones (excluding diaryl/α,β-unsaturated/α-hetero) is 1. The monoisotopic (exact) mass is 177 g/mol. The van der Waals surface area contributed by atoms with Crippen LogP contribution in [0.5, 0.6) is 0 Å². The molecule has 0 aliphatic rings. The maximum absolute atomic E-state index is 11.5. The number of benzene rings is 1. The summed E-state index contributed by atoms with van der Waals surface area (Å²) in [7, 11) is 0. The van der Waals surface area contributed by atoms with E-state index < -0.39 is 5.60 Å². The first-order valence-electron chi connectivity index (χ1n) is 4.23. The van der Waals surface area contributed by atoms with E-state index in [1.807, 2.05) is 19.1 Å². The summed E-state index contributed by atoms with van der Waals surface area (Å²) in [6.45, 7) is 4.71. The standard InChI is InChI=1S/C11H13O2/c1-8-4-6-9(7-5-8)10(12)11(2,3)13/h4-7H,1-3H3. The van der Waals surface area contributed by atoms with Crippen LogP contribution in [0.1, 0.15) is 29.8 Å². The molecule has 0 amide bonds. The van der Waals surface area contributed by atoms with Crippen LogP contribution in [0.15, 0.2) is 24.3 Å². The summed E-state index contributed by atoms with van der Waals surface area (Å²) in [5.41, 5.74) is 0.0424. The summed E-state index contributed by atoms with van der Waals surface area (Å²) >= 11 is 0. The lowest BCUT2D eigenvalue weighted by Crippen LogP contribution is -2.29. The molecule has 0 aliphatic carbocycles. The van der Waals surface area contributed by atoms with Crippen LogP contribution >= 0.6 is 0 Å². The molecule has 69 valence electrons. The van der Waals surface area contributed by atoms with Crippen molar-refractivity contribution in [3.8, 4) is 0 Å². The molecule has 1 aromatic carbocycles. The van der Waals surface area contributed by atoms with E-state index in [4.69, 9.17) is 0 Å². The van der Waals surface area contributed by atoms with Crippen LogP contribution in [0.25, 0.3) is 0 Å². The third-order valence-electron chi connectivity index (χ3n) is 1.86. The predicted molar refractivity (Wildman–Crippen MR) is 50.3 cm³/mol. The van der Waals surface area contributed by atoms with E-state index >= 15 is 0 Å². The van der Waals surface area contributed by atoms with Gasteiger partial charge in [0.1, 0.15) is 0 Å². The van der Waals surface area contributed by atoms with Crippen LogP contribution in [0, 0.1) is 6.92 Å². The highest BCUT2D eigenvalue weighted by molar-refractivity contribution is 6.01. The molecule has 0 aromatic heterocycles. The van der Waals surface area contributed by atoms with Gasteiger partial charge in [-0.1, -0.05) is 29.8 Å². The third-order valence-corrected chi connectivity index (χ3v) is 1.86. The van der Waals surface area contributed by atoms with Crippen molar-refractivity contribution >= 4 is 5.78 Å². The van der Waals surface area contributed by atoms with Gasteiger partial charge in [0.05, 0.1) is 0 Å². The molecule has 2 heteroatoms. The molecule has 0 heterocycles. The van der Waals surface area contributed by atoms with Crippen LogP contribution < -0.4 is 0 Å². The zero-order valence-corrected chi connectivity index (χ0v) is 8.13. The number of hydrogen-bond donors (Lipinski definition) is 0. The number of ketones is 1. The van der Waals surface area contributed by atoms with E-state index in [-0.39, 0.29) is 5.78 Å². The summed E-state index contributed by atoms with van der Waals surface area (Å²) in [6.07, 6.45) is 0. The lowest BCUT2D eigenvalue weighted by atomic mass is 9.96. The van der Waals surface area contributed by atoms with E-state index in [9.17, 15) is 9.90 Å². The lowest BCUT2D eigenvalue weighted by Gasteiger charge is -2.12. The zero-order valence-electron chi connectivity index (χ0n) is 8.13. The van der Waals surface area contributed by atoms with Gasteiger partial charge in [-0.05, 0) is 20.8 Å². The second-order valence-corrected chi connectivity index (χ2v) is 3.71. The van der Waals surface area contributed by atoms with Gasteiger partial charge in [-0.2, -0.15) is 0 Å². The first-order chi connectivity index (χ1) is 5.91. The maximum atomic E-state index is 11.5. The Labute approximate surface area is 78.2 Å². The van der Waals surface area contributed by atoms with E-state index in [1.54, 1.807) is 12.1 Å². The summed E-state index contributed by atoms with van der Waals surface area (Å²) in [4.78, 5) is 11.5. The maximum Gasteiger partial charge on any atom is 0.197 e.